The van der Waals surface area contributed by atoms with E-state index in [-0.39, 0.29) is 11.8 Å². The lowest BCUT2D eigenvalue weighted by atomic mass is 9.96. The van der Waals surface area contributed by atoms with Crippen molar-refractivity contribution in [3.8, 4) is 6.07 Å². The lowest BCUT2D eigenvalue weighted by Gasteiger charge is -2.32. The summed E-state index contributed by atoms with van der Waals surface area (Å²) in [5.74, 6) is 0.206. The van der Waals surface area contributed by atoms with Gasteiger partial charge in [0.05, 0.1) is 23.9 Å². The molecule has 1 saturated heterocycles. The van der Waals surface area contributed by atoms with Crippen molar-refractivity contribution in [1.82, 2.24) is 19.8 Å². The van der Waals surface area contributed by atoms with Crippen molar-refractivity contribution < 1.29 is 4.79 Å². The van der Waals surface area contributed by atoms with Crippen LogP contribution < -0.4 is 5.32 Å². The Balaban J connectivity index is 1.09. The summed E-state index contributed by atoms with van der Waals surface area (Å²) in [7, 11) is 0. The molecule has 0 radical (unpaired) electrons. The zero-order valence-corrected chi connectivity index (χ0v) is 21.1. The second kappa shape index (κ2) is 11.9. The second-order valence-corrected chi connectivity index (χ2v) is 9.89. The zero-order valence-electron chi connectivity index (χ0n) is 21.1. The smallest absolute Gasteiger partial charge is 0.224 e. The van der Waals surface area contributed by atoms with E-state index in [2.05, 4.69) is 68.3 Å². The van der Waals surface area contributed by atoms with Gasteiger partial charge in [0.1, 0.15) is 0 Å². The topological polar surface area (TPSA) is 74.0 Å². The van der Waals surface area contributed by atoms with Crippen LogP contribution in [0.2, 0.25) is 0 Å². The quantitative estimate of drug-likeness (QED) is 0.372. The van der Waals surface area contributed by atoms with E-state index in [1.165, 1.54) is 16.3 Å². The highest BCUT2D eigenvalue weighted by Gasteiger charge is 2.25. The minimum absolute atomic E-state index is 0.0461. The first-order valence-electron chi connectivity index (χ1n) is 13.1. The maximum absolute atomic E-state index is 13.0. The molecule has 4 aromatic rings. The highest BCUT2D eigenvalue weighted by Crippen LogP contribution is 2.21. The lowest BCUT2D eigenvalue weighted by Crippen LogP contribution is -2.44. The summed E-state index contributed by atoms with van der Waals surface area (Å²) in [5.41, 5.74) is 4.24. The van der Waals surface area contributed by atoms with E-state index in [9.17, 15) is 4.79 Å². The van der Waals surface area contributed by atoms with Crippen molar-refractivity contribution in [3.05, 3.63) is 102 Å². The summed E-state index contributed by atoms with van der Waals surface area (Å²) in [4.78, 5) is 19.7. The molecule has 0 spiro atoms. The first-order valence-corrected chi connectivity index (χ1v) is 13.1. The molecule has 1 fully saturated rings. The predicted molar refractivity (Wildman–Crippen MR) is 146 cm³/mol. The van der Waals surface area contributed by atoms with Crippen molar-refractivity contribution in [2.24, 2.45) is 5.92 Å². The van der Waals surface area contributed by atoms with Gasteiger partial charge in [0.25, 0.3) is 0 Å². The minimum Gasteiger partial charge on any atom is -0.355 e. The van der Waals surface area contributed by atoms with Gasteiger partial charge in [0.15, 0.2) is 0 Å². The van der Waals surface area contributed by atoms with Crippen molar-refractivity contribution in [1.29, 1.82) is 5.26 Å². The van der Waals surface area contributed by atoms with Crippen molar-refractivity contribution in [2.75, 3.05) is 26.2 Å². The van der Waals surface area contributed by atoms with E-state index in [0.29, 0.717) is 18.7 Å². The summed E-state index contributed by atoms with van der Waals surface area (Å²) >= 11 is 0. The molecule has 1 N–H and O–H groups in total. The van der Waals surface area contributed by atoms with Gasteiger partial charge in [-0.05, 0) is 59.8 Å². The van der Waals surface area contributed by atoms with Crippen LogP contribution >= 0.6 is 0 Å². The number of fused-ring (bicyclic) bond motifs is 1. The number of nitrogens with one attached hydrogen (secondary N) is 1. The van der Waals surface area contributed by atoms with Gasteiger partial charge in [0, 0.05) is 44.5 Å². The molecule has 37 heavy (non-hydrogen) atoms. The summed E-state index contributed by atoms with van der Waals surface area (Å²) in [6.07, 6.45) is 7.44. The zero-order chi connectivity index (χ0) is 25.5. The highest BCUT2D eigenvalue weighted by molar-refractivity contribution is 5.85. The number of aromatic nitrogens is 2. The van der Waals surface area contributed by atoms with Crippen LogP contribution in [0.5, 0.6) is 0 Å². The van der Waals surface area contributed by atoms with E-state index in [1.807, 2.05) is 36.8 Å². The standard InChI is InChI=1S/C31H33N5O/c32-19-24-10-12-25(13-11-24)21-36-23-33-20-29(36)14-16-34-31(37)28-8-4-17-35(22-28)18-15-27-7-3-6-26-5-1-2-9-30(26)27/h1-3,5-7,9-13,20,23,28H,4,8,14-18,21-22H2,(H,34,37)/t28-/m0/s1. The van der Waals surface area contributed by atoms with E-state index >= 15 is 0 Å². The Bertz CT molecular complexity index is 1380. The normalized spacial score (nSPS) is 15.9. The molecule has 1 aliphatic heterocycles. The lowest BCUT2D eigenvalue weighted by molar-refractivity contribution is -0.126. The molecule has 5 rings (SSSR count). The fourth-order valence-electron chi connectivity index (χ4n) is 5.30. The monoisotopic (exact) mass is 491 g/mol. The first-order chi connectivity index (χ1) is 18.2. The third kappa shape index (κ3) is 6.25. The molecule has 1 aliphatic rings. The van der Waals surface area contributed by atoms with E-state index in [0.717, 1.165) is 56.6 Å². The number of amides is 1. The number of nitrogens with zero attached hydrogens (tertiary/aromatic N) is 4. The molecule has 1 amide bonds. The maximum atomic E-state index is 13.0. The van der Waals surface area contributed by atoms with Crippen LogP contribution in [0.3, 0.4) is 0 Å². The number of hydrogen-bond acceptors (Lipinski definition) is 4. The Morgan fingerprint density at radius 3 is 2.76 bits per heavy atom. The SMILES string of the molecule is N#Cc1ccc(Cn2cncc2CCNC(=O)[C@H]2CCCN(CCc3cccc4ccccc34)C2)cc1. The summed E-state index contributed by atoms with van der Waals surface area (Å²) in [6, 6.07) is 24.9. The number of nitriles is 1. The minimum atomic E-state index is 0.0461. The predicted octanol–water partition coefficient (Wildman–Crippen LogP) is 4.57. The third-order valence-electron chi connectivity index (χ3n) is 7.37. The Morgan fingerprint density at radius 2 is 1.89 bits per heavy atom. The van der Waals surface area contributed by atoms with E-state index in [4.69, 9.17) is 5.26 Å². The Hall–Kier alpha value is -3.95. The van der Waals surface area contributed by atoms with Gasteiger partial charge in [0.2, 0.25) is 5.91 Å². The number of carbonyl (C=O) groups excluding carboxylic acids is 1. The van der Waals surface area contributed by atoms with Crippen LogP contribution in [0, 0.1) is 17.2 Å². The summed E-state index contributed by atoms with van der Waals surface area (Å²) in [5, 5.41) is 14.8. The number of imidazole rings is 1. The van der Waals surface area contributed by atoms with Crippen LogP contribution in [-0.4, -0.2) is 46.5 Å². The molecule has 6 heteroatoms. The van der Waals surface area contributed by atoms with Crippen LogP contribution in [0.25, 0.3) is 10.8 Å². The summed E-state index contributed by atoms with van der Waals surface area (Å²) in [6.45, 7) is 4.16. The molecular formula is C31H33N5O. The van der Waals surface area contributed by atoms with Gasteiger partial charge in [-0.2, -0.15) is 5.26 Å². The third-order valence-corrected chi connectivity index (χ3v) is 7.37. The second-order valence-electron chi connectivity index (χ2n) is 9.89. The number of benzene rings is 3. The van der Waals surface area contributed by atoms with E-state index < -0.39 is 0 Å². The molecule has 1 atom stereocenters. The molecular weight excluding hydrogens is 458 g/mol. The highest BCUT2D eigenvalue weighted by atomic mass is 16.1. The summed E-state index contributed by atoms with van der Waals surface area (Å²) < 4.78 is 2.10. The number of likely N-dealkylation sites (tertiary alicyclic amines) is 1. The molecule has 1 aromatic heterocycles. The molecule has 0 bridgehead atoms. The van der Waals surface area contributed by atoms with Gasteiger partial charge in [-0.25, -0.2) is 4.98 Å². The fourth-order valence-corrected chi connectivity index (χ4v) is 5.30. The Kier molecular flexibility index (Phi) is 7.93. The Morgan fingerprint density at radius 1 is 1.05 bits per heavy atom. The number of hydrogen-bond donors (Lipinski definition) is 1. The van der Waals surface area contributed by atoms with Gasteiger partial charge < -0.3 is 14.8 Å². The molecule has 0 saturated carbocycles. The molecule has 6 nitrogen and oxygen atoms in total. The molecule has 2 heterocycles. The number of carbonyl (C=O) groups is 1. The number of piperidine rings is 1. The maximum Gasteiger partial charge on any atom is 0.224 e. The number of rotatable bonds is 9. The first kappa shape index (κ1) is 24.7. The van der Waals surface area contributed by atoms with Crippen molar-refractivity contribution in [2.45, 2.75) is 32.2 Å². The fraction of sp³-hybridized carbons (Fsp3) is 0.323. The van der Waals surface area contributed by atoms with Gasteiger partial charge in [-0.15, -0.1) is 0 Å². The van der Waals surface area contributed by atoms with Crippen molar-refractivity contribution in [3.63, 3.8) is 0 Å². The van der Waals surface area contributed by atoms with Crippen LogP contribution in [0.1, 0.15) is 35.2 Å². The van der Waals surface area contributed by atoms with Crippen LogP contribution in [0.15, 0.2) is 79.3 Å². The molecule has 0 unspecified atom stereocenters. The van der Waals surface area contributed by atoms with Gasteiger partial charge in [-0.3, -0.25) is 4.79 Å². The Labute approximate surface area is 218 Å². The molecule has 3 aromatic carbocycles. The van der Waals surface area contributed by atoms with Crippen LogP contribution in [-0.2, 0) is 24.2 Å². The molecule has 188 valence electrons. The van der Waals surface area contributed by atoms with Gasteiger partial charge in [-0.1, -0.05) is 54.6 Å². The van der Waals surface area contributed by atoms with Crippen molar-refractivity contribution >= 4 is 16.7 Å². The largest absolute Gasteiger partial charge is 0.355 e. The van der Waals surface area contributed by atoms with Gasteiger partial charge >= 0.3 is 0 Å². The van der Waals surface area contributed by atoms with Crippen LogP contribution in [0.4, 0.5) is 0 Å². The average molecular weight is 492 g/mol. The van der Waals surface area contributed by atoms with E-state index in [1.54, 1.807) is 0 Å². The molecule has 0 aliphatic carbocycles. The average Bonchev–Trinajstić information content (AvgIpc) is 3.39.